The van der Waals surface area contributed by atoms with Crippen molar-refractivity contribution in [3.63, 3.8) is 0 Å². The first-order valence-electron chi connectivity index (χ1n) is 3.92. The highest BCUT2D eigenvalue weighted by Gasteiger charge is 2.69. The zero-order valence-corrected chi connectivity index (χ0v) is 6.80. The van der Waals surface area contributed by atoms with Crippen molar-refractivity contribution in [1.29, 1.82) is 0 Å². The third kappa shape index (κ3) is 1.09. The highest BCUT2D eigenvalue weighted by Crippen LogP contribution is 2.57. The van der Waals surface area contributed by atoms with E-state index in [0.717, 1.165) is 0 Å². The molecular weight excluding hydrogens is 176 g/mol. The van der Waals surface area contributed by atoms with Gasteiger partial charge in [0.1, 0.15) is 11.3 Å². The summed E-state index contributed by atoms with van der Waals surface area (Å²) in [7, 11) is 0. The summed E-state index contributed by atoms with van der Waals surface area (Å²) >= 11 is 0. The Morgan fingerprint density at radius 3 is 2.08 bits per heavy atom. The fourth-order valence-corrected chi connectivity index (χ4v) is 1.38. The number of rotatable bonds is 1. The fourth-order valence-electron chi connectivity index (χ4n) is 1.38. The predicted molar refractivity (Wildman–Crippen MR) is 43.5 cm³/mol. The molecule has 1 aliphatic carbocycles. The van der Waals surface area contributed by atoms with Gasteiger partial charge < -0.3 is 10.8 Å². The van der Waals surface area contributed by atoms with E-state index in [1.807, 2.05) is 0 Å². The number of hydrogen-bond donors (Lipinski definition) is 2. The monoisotopic (exact) mass is 185 g/mol. The first-order valence-corrected chi connectivity index (χ1v) is 3.92. The molecule has 0 heterocycles. The maximum Gasteiger partial charge on any atom is 0.272 e. The van der Waals surface area contributed by atoms with E-state index in [9.17, 15) is 8.78 Å². The molecule has 1 unspecified atom stereocenters. The summed E-state index contributed by atoms with van der Waals surface area (Å²) in [5.41, 5.74) is 4.32. The largest absolute Gasteiger partial charge is 0.508 e. The van der Waals surface area contributed by atoms with E-state index in [1.54, 1.807) is 0 Å². The van der Waals surface area contributed by atoms with Gasteiger partial charge in [-0.3, -0.25) is 0 Å². The van der Waals surface area contributed by atoms with Crippen LogP contribution in [0.2, 0.25) is 0 Å². The number of hydrogen-bond acceptors (Lipinski definition) is 2. The lowest BCUT2D eigenvalue weighted by atomic mass is 10.1. The molecule has 13 heavy (non-hydrogen) atoms. The van der Waals surface area contributed by atoms with Crippen molar-refractivity contribution < 1.29 is 13.9 Å². The fraction of sp³-hybridized carbons (Fsp3) is 0.333. The van der Waals surface area contributed by atoms with Crippen LogP contribution >= 0.6 is 0 Å². The van der Waals surface area contributed by atoms with Gasteiger partial charge in [0.2, 0.25) is 0 Å². The van der Waals surface area contributed by atoms with Crippen LogP contribution in [0, 0.1) is 0 Å². The first-order chi connectivity index (χ1) is 5.96. The molecule has 1 aliphatic rings. The van der Waals surface area contributed by atoms with Crippen molar-refractivity contribution >= 4 is 0 Å². The summed E-state index contributed by atoms with van der Waals surface area (Å²) in [4.78, 5) is 0. The molecule has 1 aromatic rings. The third-order valence-electron chi connectivity index (χ3n) is 2.41. The average Bonchev–Trinajstić information content (AvgIpc) is 2.53. The summed E-state index contributed by atoms with van der Waals surface area (Å²) in [6.07, 6.45) is -0.315. The molecule has 4 heteroatoms. The second-order valence-corrected chi connectivity index (χ2v) is 3.40. The minimum atomic E-state index is -2.80. The maximum absolute atomic E-state index is 12.8. The number of benzene rings is 1. The molecular formula is C9H9F2NO. The van der Waals surface area contributed by atoms with E-state index in [1.165, 1.54) is 24.3 Å². The molecule has 1 aromatic carbocycles. The van der Waals surface area contributed by atoms with Crippen LogP contribution in [0.5, 0.6) is 5.75 Å². The van der Waals surface area contributed by atoms with Gasteiger partial charge >= 0.3 is 0 Å². The lowest BCUT2D eigenvalue weighted by Crippen LogP contribution is -2.26. The lowest BCUT2D eigenvalue weighted by Gasteiger charge is -2.10. The molecule has 1 saturated carbocycles. The topological polar surface area (TPSA) is 46.2 Å². The Hall–Kier alpha value is -1.16. The third-order valence-corrected chi connectivity index (χ3v) is 2.41. The number of phenolic OH excluding ortho intramolecular Hbond substituents is 1. The van der Waals surface area contributed by atoms with Gasteiger partial charge in [-0.25, -0.2) is 8.78 Å². The predicted octanol–water partition coefficient (Wildman–Crippen LogP) is 1.59. The van der Waals surface area contributed by atoms with E-state index < -0.39 is 11.5 Å². The van der Waals surface area contributed by atoms with Gasteiger partial charge in [0.25, 0.3) is 5.92 Å². The molecule has 0 saturated heterocycles. The number of halogens is 2. The maximum atomic E-state index is 12.8. The number of nitrogens with two attached hydrogens (primary N) is 1. The summed E-state index contributed by atoms with van der Waals surface area (Å²) in [6.45, 7) is 0. The normalized spacial score (nSPS) is 30.1. The van der Waals surface area contributed by atoms with Crippen LogP contribution in [0.25, 0.3) is 0 Å². The lowest BCUT2D eigenvalue weighted by molar-refractivity contribution is 0.0891. The molecule has 2 rings (SSSR count). The Balaban J connectivity index is 2.34. The second-order valence-electron chi connectivity index (χ2n) is 3.40. The highest BCUT2D eigenvalue weighted by molar-refractivity contribution is 5.38. The van der Waals surface area contributed by atoms with E-state index in [0.29, 0.717) is 5.56 Å². The van der Waals surface area contributed by atoms with Crippen molar-refractivity contribution in [2.75, 3.05) is 0 Å². The van der Waals surface area contributed by atoms with Gasteiger partial charge in [-0.05, 0) is 17.7 Å². The second kappa shape index (κ2) is 2.20. The Labute approximate surface area is 74.0 Å². The molecule has 1 fully saturated rings. The van der Waals surface area contributed by atoms with E-state index in [-0.39, 0.29) is 12.2 Å². The Morgan fingerprint density at radius 1 is 1.23 bits per heavy atom. The van der Waals surface area contributed by atoms with Crippen molar-refractivity contribution in [3.8, 4) is 5.75 Å². The Morgan fingerprint density at radius 2 is 1.69 bits per heavy atom. The van der Waals surface area contributed by atoms with Crippen LogP contribution < -0.4 is 5.73 Å². The van der Waals surface area contributed by atoms with Gasteiger partial charge in [-0.1, -0.05) is 12.1 Å². The van der Waals surface area contributed by atoms with Crippen LogP contribution in [-0.4, -0.2) is 11.0 Å². The smallest absolute Gasteiger partial charge is 0.272 e. The molecule has 0 spiro atoms. The molecule has 70 valence electrons. The molecule has 0 amide bonds. The van der Waals surface area contributed by atoms with Gasteiger partial charge in [0.05, 0.1) is 0 Å². The van der Waals surface area contributed by atoms with Crippen LogP contribution in [-0.2, 0) is 5.54 Å². The van der Waals surface area contributed by atoms with Crippen molar-refractivity contribution in [1.82, 2.24) is 0 Å². The van der Waals surface area contributed by atoms with Gasteiger partial charge in [0.15, 0.2) is 0 Å². The quantitative estimate of drug-likeness (QED) is 0.697. The minimum Gasteiger partial charge on any atom is -0.508 e. The number of phenols is 1. The summed E-state index contributed by atoms with van der Waals surface area (Å²) in [5.74, 6) is -2.75. The first kappa shape index (κ1) is 8.44. The van der Waals surface area contributed by atoms with Crippen LogP contribution in [0.1, 0.15) is 12.0 Å². The van der Waals surface area contributed by atoms with Crippen molar-refractivity contribution in [2.45, 2.75) is 17.9 Å². The van der Waals surface area contributed by atoms with E-state index in [4.69, 9.17) is 10.8 Å². The van der Waals surface area contributed by atoms with Crippen molar-refractivity contribution in [2.24, 2.45) is 5.73 Å². The van der Waals surface area contributed by atoms with E-state index in [2.05, 4.69) is 0 Å². The van der Waals surface area contributed by atoms with Gasteiger partial charge in [-0.15, -0.1) is 0 Å². The Kier molecular flexibility index (Phi) is 1.43. The van der Waals surface area contributed by atoms with E-state index >= 15 is 0 Å². The van der Waals surface area contributed by atoms with Crippen molar-refractivity contribution in [3.05, 3.63) is 29.8 Å². The molecule has 0 aliphatic heterocycles. The standard InChI is InChI=1S/C9H9F2NO/c10-9(11)5-8(9,12)6-1-3-7(13)4-2-6/h1-4,13H,5,12H2. The van der Waals surface area contributed by atoms with Gasteiger partial charge in [0, 0.05) is 6.42 Å². The average molecular weight is 185 g/mol. The molecule has 2 nitrogen and oxygen atoms in total. The molecule has 0 radical (unpaired) electrons. The SMILES string of the molecule is NC1(c2ccc(O)cc2)CC1(F)F. The number of aromatic hydroxyl groups is 1. The molecule has 0 aromatic heterocycles. The summed E-state index contributed by atoms with van der Waals surface area (Å²) in [5, 5.41) is 8.94. The van der Waals surface area contributed by atoms with Crippen LogP contribution in [0.4, 0.5) is 8.78 Å². The molecule has 1 atom stereocenters. The van der Waals surface area contributed by atoms with Gasteiger partial charge in [-0.2, -0.15) is 0 Å². The molecule has 0 bridgehead atoms. The van der Waals surface area contributed by atoms with Crippen LogP contribution in [0.3, 0.4) is 0 Å². The summed E-state index contributed by atoms with van der Waals surface area (Å²) < 4.78 is 25.6. The zero-order valence-electron chi connectivity index (χ0n) is 6.80. The summed E-state index contributed by atoms with van der Waals surface area (Å²) in [6, 6.07) is 5.57. The molecule has 3 N–H and O–H groups in total. The highest BCUT2D eigenvalue weighted by atomic mass is 19.3. The minimum absolute atomic E-state index is 0.0521. The van der Waals surface area contributed by atoms with Crippen LogP contribution in [0.15, 0.2) is 24.3 Å². The number of alkyl halides is 2. The Bertz CT molecular complexity index is 336. The zero-order chi connectivity index (χ0) is 9.69.